The van der Waals surface area contributed by atoms with Crippen molar-refractivity contribution in [1.82, 2.24) is 0 Å². The van der Waals surface area contributed by atoms with Crippen LogP contribution in [-0.2, 0) is 23.7 Å². The first-order chi connectivity index (χ1) is 11.6. The van der Waals surface area contributed by atoms with Gasteiger partial charge in [0.15, 0.2) is 0 Å². The fourth-order valence-electron chi connectivity index (χ4n) is 3.73. The maximum Gasteiger partial charge on any atom is 0.131 e. The van der Waals surface area contributed by atoms with Crippen molar-refractivity contribution in [2.24, 2.45) is 0 Å². The minimum atomic E-state index is 0.0478. The number of ether oxygens (including phenoxy) is 1. The van der Waals surface area contributed by atoms with E-state index < -0.39 is 0 Å². The van der Waals surface area contributed by atoms with Gasteiger partial charge >= 0.3 is 0 Å². The molecule has 0 aliphatic carbocycles. The largest absolute Gasteiger partial charge is 0.457 e. The molecular formula is C24H34O. The fourth-order valence-corrected chi connectivity index (χ4v) is 3.73. The van der Waals surface area contributed by atoms with E-state index in [1.54, 1.807) is 0 Å². The molecule has 136 valence electrons. The number of hydrogen-bond donors (Lipinski definition) is 0. The zero-order chi connectivity index (χ0) is 18.8. The smallest absolute Gasteiger partial charge is 0.131 e. The molecule has 0 spiro atoms. The molecule has 0 unspecified atom stereocenters. The molecule has 0 heterocycles. The van der Waals surface area contributed by atoms with Crippen molar-refractivity contribution >= 4 is 0 Å². The zero-order valence-electron chi connectivity index (χ0n) is 17.3. The van der Waals surface area contributed by atoms with E-state index in [0.717, 1.165) is 24.3 Å². The normalized spacial score (nSPS) is 12.3. The summed E-state index contributed by atoms with van der Waals surface area (Å²) in [6.07, 6.45) is 2.04. The topological polar surface area (TPSA) is 9.23 Å². The highest BCUT2D eigenvalue weighted by Crippen LogP contribution is 2.41. The van der Waals surface area contributed by atoms with Crippen LogP contribution in [-0.4, -0.2) is 0 Å². The Hall–Kier alpha value is -1.76. The molecule has 0 atom stereocenters. The third-order valence-corrected chi connectivity index (χ3v) is 4.71. The average Bonchev–Trinajstić information content (AvgIpc) is 2.52. The standard InChI is InChI=1S/C24H34O/c1-9-17-13-11-15-19(21(17)23(3,4)5)25-20-16-12-14-18(10-2)22(20)24(6,7)8/h11-16H,9-10H2,1-8H3. The van der Waals surface area contributed by atoms with Gasteiger partial charge in [0.25, 0.3) is 0 Å². The van der Waals surface area contributed by atoms with Gasteiger partial charge in [-0.25, -0.2) is 0 Å². The summed E-state index contributed by atoms with van der Waals surface area (Å²) in [5, 5.41) is 0. The van der Waals surface area contributed by atoms with Gasteiger partial charge in [-0.15, -0.1) is 0 Å². The van der Waals surface area contributed by atoms with Crippen molar-refractivity contribution in [3.63, 3.8) is 0 Å². The Morgan fingerprint density at radius 2 is 1.00 bits per heavy atom. The lowest BCUT2D eigenvalue weighted by Gasteiger charge is -2.29. The van der Waals surface area contributed by atoms with Gasteiger partial charge in [-0.05, 0) is 46.9 Å². The van der Waals surface area contributed by atoms with Gasteiger partial charge in [0.05, 0.1) is 0 Å². The summed E-state index contributed by atoms with van der Waals surface area (Å²) in [5.74, 6) is 1.98. The summed E-state index contributed by atoms with van der Waals surface area (Å²) >= 11 is 0. The average molecular weight is 339 g/mol. The van der Waals surface area contributed by atoms with Crippen LogP contribution in [0, 0.1) is 0 Å². The number of aryl methyl sites for hydroxylation is 2. The predicted molar refractivity (Wildman–Crippen MR) is 109 cm³/mol. The summed E-state index contributed by atoms with van der Waals surface area (Å²) < 4.78 is 6.58. The monoisotopic (exact) mass is 338 g/mol. The Balaban J connectivity index is 2.63. The van der Waals surface area contributed by atoms with Gasteiger partial charge in [-0.3, -0.25) is 0 Å². The van der Waals surface area contributed by atoms with Crippen molar-refractivity contribution in [2.75, 3.05) is 0 Å². The molecule has 0 fully saturated rings. The molecule has 2 aromatic rings. The second-order valence-corrected chi connectivity index (χ2v) is 8.89. The number of rotatable bonds is 4. The molecule has 0 bridgehead atoms. The van der Waals surface area contributed by atoms with Crippen LogP contribution >= 0.6 is 0 Å². The van der Waals surface area contributed by atoms with Gasteiger partial charge in [0, 0.05) is 11.1 Å². The summed E-state index contributed by atoms with van der Waals surface area (Å²) in [6, 6.07) is 12.9. The zero-order valence-corrected chi connectivity index (χ0v) is 17.3. The second-order valence-electron chi connectivity index (χ2n) is 8.89. The van der Waals surface area contributed by atoms with Crippen LogP contribution in [0.5, 0.6) is 11.5 Å². The highest BCUT2D eigenvalue weighted by atomic mass is 16.5. The Morgan fingerprint density at radius 3 is 1.28 bits per heavy atom. The van der Waals surface area contributed by atoms with Gasteiger partial charge in [-0.2, -0.15) is 0 Å². The number of hydrogen-bond acceptors (Lipinski definition) is 1. The van der Waals surface area contributed by atoms with Crippen molar-refractivity contribution < 1.29 is 4.74 Å². The van der Waals surface area contributed by atoms with Crippen molar-refractivity contribution in [2.45, 2.75) is 79.1 Å². The quantitative estimate of drug-likeness (QED) is 0.573. The maximum absolute atomic E-state index is 6.58. The van der Waals surface area contributed by atoms with Gasteiger partial charge in [0.1, 0.15) is 11.5 Å². The molecule has 25 heavy (non-hydrogen) atoms. The van der Waals surface area contributed by atoms with Gasteiger partial charge < -0.3 is 4.74 Å². The molecular weight excluding hydrogens is 304 g/mol. The van der Waals surface area contributed by atoms with Crippen molar-refractivity contribution in [3.8, 4) is 11.5 Å². The number of benzene rings is 2. The lowest BCUT2D eigenvalue weighted by atomic mass is 9.81. The molecule has 0 aliphatic rings. The third kappa shape index (κ3) is 4.26. The van der Waals surface area contributed by atoms with E-state index in [-0.39, 0.29) is 10.8 Å². The third-order valence-electron chi connectivity index (χ3n) is 4.71. The Labute approximate surface area is 154 Å². The molecule has 0 saturated carbocycles. The summed E-state index contributed by atoms with van der Waals surface area (Å²) in [5.41, 5.74) is 5.47. The van der Waals surface area contributed by atoms with E-state index in [1.165, 1.54) is 22.3 Å². The lowest BCUT2D eigenvalue weighted by Crippen LogP contribution is -2.18. The minimum absolute atomic E-state index is 0.0478. The van der Waals surface area contributed by atoms with Crippen LogP contribution in [0.25, 0.3) is 0 Å². The Morgan fingerprint density at radius 1 is 0.640 bits per heavy atom. The molecule has 0 N–H and O–H groups in total. The first-order valence-corrected chi connectivity index (χ1v) is 9.52. The first kappa shape index (κ1) is 19.6. The summed E-state index contributed by atoms with van der Waals surface area (Å²) in [4.78, 5) is 0. The van der Waals surface area contributed by atoms with Crippen LogP contribution in [0.2, 0.25) is 0 Å². The van der Waals surface area contributed by atoms with E-state index in [9.17, 15) is 0 Å². The van der Waals surface area contributed by atoms with Crippen molar-refractivity contribution in [3.05, 3.63) is 58.7 Å². The molecule has 1 nitrogen and oxygen atoms in total. The molecule has 0 amide bonds. The summed E-state index contributed by atoms with van der Waals surface area (Å²) in [6.45, 7) is 18.0. The second kappa shape index (κ2) is 7.23. The minimum Gasteiger partial charge on any atom is -0.457 e. The molecule has 0 aliphatic heterocycles. The highest BCUT2D eigenvalue weighted by Gasteiger charge is 2.26. The first-order valence-electron chi connectivity index (χ1n) is 9.52. The molecule has 1 heteroatoms. The molecule has 2 rings (SSSR count). The van der Waals surface area contributed by atoms with Crippen LogP contribution in [0.3, 0.4) is 0 Å². The summed E-state index contributed by atoms with van der Waals surface area (Å²) in [7, 11) is 0. The van der Waals surface area contributed by atoms with Gasteiger partial charge in [0.2, 0.25) is 0 Å². The molecule has 0 radical (unpaired) electrons. The van der Waals surface area contributed by atoms with Crippen LogP contribution < -0.4 is 4.74 Å². The van der Waals surface area contributed by atoms with Gasteiger partial charge in [-0.1, -0.05) is 79.7 Å². The van der Waals surface area contributed by atoms with E-state index in [1.807, 2.05) is 0 Å². The Bertz CT molecular complexity index is 663. The van der Waals surface area contributed by atoms with Crippen LogP contribution in [0.4, 0.5) is 0 Å². The van der Waals surface area contributed by atoms with Crippen LogP contribution in [0.1, 0.15) is 77.6 Å². The van der Waals surface area contributed by atoms with E-state index in [2.05, 4.69) is 91.8 Å². The molecule has 0 saturated heterocycles. The predicted octanol–water partition coefficient (Wildman–Crippen LogP) is 7.20. The molecule has 2 aromatic carbocycles. The lowest BCUT2D eigenvalue weighted by molar-refractivity contribution is 0.433. The Kier molecular flexibility index (Phi) is 5.66. The highest BCUT2D eigenvalue weighted by molar-refractivity contribution is 5.51. The van der Waals surface area contributed by atoms with E-state index in [0.29, 0.717) is 0 Å². The SMILES string of the molecule is CCc1cccc(Oc2cccc(CC)c2C(C)(C)C)c1C(C)(C)C. The van der Waals surface area contributed by atoms with E-state index in [4.69, 9.17) is 4.74 Å². The fraction of sp³-hybridized carbons (Fsp3) is 0.500. The van der Waals surface area contributed by atoms with Crippen LogP contribution in [0.15, 0.2) is 36.4 Å². The maximum atomic E-state index is 6.58. The molecule has 0 aromatic heterocycles. The van der Waals surface area contributed by atoms with Crippen molar-refractivity contribution in [1.29, 1.82) is 0 Å². The van der Waals surface area contributed by atoms with E-state index >= 15 is 0 Å².